The fraction of sp³-hybridized carbons (Fsp3) is 0.692. The first-order valence-corrected chi connectivity index (χ1v) is 5.87. The molecule has 0 spiro atoms. The fourth-order valence-electron chi connectivity index (χ4n) is 1.98. The predicted octanol–water partition coefficient (Wildman–Crippen LogP) is 2.47. The topological polar surface area (TPSA) is 45.4 Å². The minimum Gasteiger partial charge on any atom is -0.468 e. The lowest BCUT2D eigenvalue weighted by molar-refractivity contribution is 0.0379. The Hall–Kier alpha value is -0.800. The molecule has 3 nitrogen and oxygen atoms in total. The second kappa shape index (κ2) is 5.51. The minimum atomic E-state index is -0.644. The highest BCUT2D eigenvalue weighted by molar-refractivity contribution is 5.14. The number of furan rings is 1. The second-order valence-corrected chi connectivity index (χ2v) is 5.23. The number of nitrogens with one attached hydrogen (secondary N) is 1. The summed E-state index contributed by atoms with van der Waals surface area (Å²) < 4.78 is 5.32. The van der Waals surface area contributed by atoms with Crippen molar-refractivity contribution in [1.29, 1.82) is 0 Å². The van der Waals surface area contributed by atoms with E-state index in [4.69, 9.17) is 4.42 Å². The highest BCUT2D eigenvalue weighted by atomic mass is 16.3. The van der Waals surface area contributed by atoms with Crippen LogP contribution in [0.3, 0.4) is 0 Å². The fourth-order valence-corrected chi connectivity index (χ4v) is 1.98. The van der Waals surface area contributed by atoms with Crippen LogP contribution in [-0.2, 0) is 6.54 Å². The quantitative estimate of drug-likeness (QED) is 0.781. The van der Waals surface area contributed by atoms with E-state index in [-0.39, 0.29) is 0 Å². The molecule has 0 aliphatic heterocycles. The summed E-state index contributed by atoms with van der Waals surface area (Å²) in [6, 6.07) is 1.95. The maximum absolute atomic E-state index is 10.1. The molecule has 0 saturated carbocycles. The smallest absolute Gasteiger partial charge is 0.120 e. The van der Waals surface area contributed by atoms with Crippen molar-refractivity contribution in [3.8, 4) is 0 Å². The summed E-state index contributed by atoms with van der Waals surface area (Å²) in [5, 5.41) is 13.3. The van der Waals surface area contributed by atoms with Gasteiger partial charge in [-0.15, -0.1) is 0 Å². The molecule has 1 aromatic rings. The van der Waals surface area contributed by atoms with Crippen molar-refractivity contribution >= 4 is 0 Å². The van der Waals surface area contributed by atoms with Crippen LogP contribution >= 0.6 is 0 Å². The van der Waals surface area contributed by atoms with Crippen molar-refractivity contribution < 1.29 is 9.52 Å². The van der Waals surface area contributed by atoms with Gasteiger partial charge in [-0.2, -0.15) is 0 Å². The molecule has 0 bridgehead atoms. The lowest BCUT2D eigenvalue weighted by Gasteiger charge is -2.25. The van der Waals surface area contributed by atoms with Gasteiger partial charge in [0.25, 0.3) is 0 Å². The molecule has 0 aliphatic rings. The summed E-state index contributed by atoms with van der Waals surface area (Å²) in [7, 11) is 0. The van der Waals surface area contributed by atoms with Gasteiger partial charge in [-0.05, 0) is 37.8 Å². The maximum Gasteiger partial charge on any atom is 0.120 e. The lowest BCUT2D eigenvalue weighted by atomic mass is 9.94. The second-order valence-electron chi connectivity index (χ2n) is 5.23. The molecule has 1 aromatic heterocycles. The normalized spacial score (nSPS) is 15.4. The van der Waals surface area contributed by atoms with Crippen LogP contribution in [-0.4, -0.2) is 17.3 Å². The minimum absolute atomic E-state index is 0.502. The molecule has 0 aromatic carbocycles. The van der Waals surface area contributed by atoms with Gasteiger partial charge >= 0.3 is 0 Å². The number of hydrogen-bond donors (Lipinski definition) is 2. The van der Waals surface area contributed by atoms with Gasteiger partial charge in [0, 0.05) is 6.54 Å². The van der Waals surface area contributed by atoms with Crippen LogP contribution < -0.4 is 5.32 Å². The van der Waals surface area contributed by atoms with E-state index in [0.717, 1.165) is 17.7 Å². The Bertz CT molecular complexity index is 315. The van der Waals surface area contributed by atoms with Crippen molar-refractivity contribution in [2.24, 2.45) is 5.92 Å². The number of rotatable bonds is 6. The molecule has 1 atom stereocenters. The predicted molar refractivity (Wildman–Crippen MR) is 65.2 cm³/mol. The van der Waals surface area contributed by atoms with Gasteiger partial charge < -0.3 is 14.8 Å². The molecule has 0 saturated heterocycles. The Balaban J connectivity index is 2.32. The Morgan fingerprint density at radius 2 is 2.19 bits per heavy atom. The van der Waals surface area contributed by atoms with Crippen LogP contribution in [0, 0.1) is 12.8 Å². The van der Waals surface area contributed by atoms with Gasteiger partial charge in [0.1, 0.15) is 5.76 Å². The average molecular weight is 225 g/mol. The third kappa shape index (κ3) is 4.37. The lowest BCUT2D eigenvalue weighted by Crippen LogP contribution is -2.38. The van der Waals surface area contributed by atoms with Crippen LogP contribution in [0.25, 0.3) is 0 Å². The highest BCUT2D eigenvalue weighted by Gasteiger charge is 2.21. The van der Waals surface area contributed by atoms with Gasteiger partial charge in [-0.1, -0.05) is 13.8 Å². The first-order valence-electron chi connectivity index (χ1n) is 5.87. The van der Waals surface area contributed by atoms with E-state index in [9.17, 15) is 5.11 Å². The molecule has 1 rings (SSSR count). The zero-order valence-corrected chi connectivity index (χ0v) is 10.7. The molecule has 0 aliphatic carbocycles. The van der Waals surface area contributed by atoms with E-state index in [2.05, 4.69) is 19.2 Å². The Morgan fingerprint density at radius 1 is 1.50 bits per heavy atom. The summed E-state index contributed by atoms with van der Waals surface area (Å²) in [4.78, 5) is 0. The Kier molecular flexibility index (Phi) is 4.56. The van der Waals surface area contributed by atoms with E-state index in [0.29, 0.717) is 19.0 Å². The highest BCUT2D eigenvalue weighted by Crippen LogP contribution is 2.15. The van der Waals surface area contributed by atoms with Crippen LogP contribution in [0.2, 0.25) is 0 Å². The van der Waals surface area contributed by atoms with E-state index in [1.54, 1.807) is 6.26 Å². The van der Waals surface area contributed by atoms with E-state index >= 15 is 0 Å². The third-order valence-corrected chi connectivity index (χ3v) is 2.61. The molecule has 1 heterocycles. The van der Waals surface area contributed by atoms with E-state index in [1.165, 1.54) is 0 Å². The summed E-state index contributed by atoms with van der Waals surface area (Å²) >= 11 is 0. The number of hydrogen-bond acceptors (Lipinski definition) is 3. The summed E-state index contributed by atoms with van der Waals surface area (Å²) in [5.41, 5.74) is 0.505. The zero-order valence-electron chi connectivity index (χ0n) is 10.7. The van der Waals surface area contributed by atoms with Gasteiger partial charge in [-0.3, -0.25) is 0 Å². The van der Waals surface area contributed by atoms with Crippen molar-refractivity contribution in [3.05, 3.63) is 23.7 Å². The average Bonchev–Trinajstić information content (AvgIpc) is 2.49. The first-order chi connectivity index (χ1) is 7.41. The van der Waals surface area contributed by atoms with Crippen LogP contribution in [0.1, 0.15) is 38.5 Å². The summed E-state index contributed by atoms with van der Waals surface area (Å²) in [6.45, 7) is 9.39. The van der Waals surface area contributed by atoms with Gasteiger partial charge in [0.05, 0.1) is 18.4 Å². The largest absolute Gasteiger partial charge is 0.468 e. The van der Waals surface area contributed by atoms with Crippen molar-refractivity contribution in [1.82, 2.24) is 5.32 Å². The summed E-state index contributed by atoms with van der Waals surface area (Å²) in [6.07, 6.45) is 2.50. The zero-order chi connectivity index (χ0) is 12.2. The molecular weight excluding hydrogens is 202 g/mol. The molecule has 2 N–H and O–H groups in total. The Morgan fingerprint density at radius 3 is 2.69 bits per heavy atom. The van der Waals surface area contributed by atoms with Crippen molar-refractivity contribution in [2.75, 3.05) is 6.54 Å². The Labute approximate surface area is 97.9 Å². The van der Waals surface area contributed by atoms with Gasteiger partial charge in [0.15, 0.2) is 0 Å². The monoisotopic (exact) mass is 225 g/mol. The molecular formula is C13H23NO2. The van der Waals surface area contributed by atoms with E-state index < -0.39 is 5.60 Å². The maximum atomic E-state index is 10.1. The van der Waals surface area contributed by atoms with E-state index in [1.807, 2.05) is 19.9 Å². The molecule has 92 valence electrons. The van der Waals surface area contributed by atoms with Crippen LogP contribution in [0.4, 0.5) is 0 Å². The molecule has 1 unspecified atom stereocenters. The third-order valence-electron chi connectivity index (χ3n) is 2.61. The first kappa shape index (κ1) is 13.3. The van der Waals surface area contributed by atoms with Crippen molar-refractivity contribution in [3.63, 3.8) is 0 Å². The molecule has 0 amide bonds. The molecule has 3 heteroatoms. The number of aryl methyl sites for hydroxylation is 1. The van der Waals surface area contributed by atoms with Gasteiger partial charge in [-0.25, -0.2) is 0 Å². The van der Waals surface area contributed by atoms with Crippen LogP contribution in [0.15, 0.2) is 16.7 Å². The molecule has 0 radical (unpaired) electrons. The number of aliphatic hydroxyl groups is 1. The molecule has 0 fully saturated rings. The molecule has 16 heavy (non-hydrogen) atoms. The van der Waals surface area contributed by atoms with Crippen molar-refractivity contribution in [2.45, 2.75) is 46.3 Å². The van der Waals surface area contributed by atoms with Crippen LogP contribution in [0.5, 0.6) is 0 Å². The summed E-state index contributed by atoms with van der Waals surface area (Å²) in [5.74, 6) is 1.45. The van der Waals surface area contributed by atoms with Gasteiger partial charge in [0.2, 0.25) is 0 Å². The SMILES string of the molecule is Cc1ccoc1CNCC(C)(O)CC(C)C. The standard InChI is InChI=1S/C13H23NO2/c1-10(2)7-13(4,15)9-14-8-12-11(3)5-6-16-12/h5-6,10,14-15H,7-9H2,1-4H3.